The van der Waals surface area contributed by atoms with Gasteiger partial charge in [-0.05, 0) is 31.9 Å². The van der Waals surface area contributed by atoms with E-state index in [0.29, 0.717) is 0 Å². The highest BCUT2D eigenvalue weighted by molar-refractivity contribution is 5.78. The quantitative estimate of drug-likeness (QED) is 0.555. The lowest BCUT2D eigenvalue weighted by molar-refractivity contribution is 0.831. The van der Waals surface area contributed by atoms with E-state index in [4.69, 9.17) is 4.98 Å². The fourth-order valence-corrected chi connectivity index (χ4v) is 3.21. The van der Waals surface area contributed by atoms with Gasteiger partial charge in [-0.1, -0.05) is 60.7 Å². The molecular formula is C22H22N4. The molecule has 0 aliphatic rings. The Morgan fingerprint density at radius 1 is 0.923 bits per heavy atom. The van der Waals surface area contributed by atoms with Gasteiger partial charge in [0.05, 0.1) is 6.20 Å². The Morgan fingerprint density at radius 3 is 2.27 bits per heavy atom. The van der Waals surface area contributed by atoms with Crippen LogP contribution in [0.2, 0.25) is 0 Å². The fourth-order valence-electron chi connectivity index (χ4n) is 3.21. The molecule has 0 radical (unpaired) electrons. The molecule has 2 aromatic carbocycles. The van der Waals surface area contributed by atoms with Gasteiger partial charge >= 0.3 is 0 Å². The third kappa shape index (κ3) is 2.84. The van der Waals surface area contributed by atoms with Crippen molar-refractivity contribution in [3.8, 4) is 11.1 Å². The van der Waals surface area contributed by atoms with Crippen molar-refractivity contribution in [2.45, 2.75) is 26.8 Å². The molecule has 1 atom stereocenters. The molecule has 4 rings (SSSR count). The highest BCUT2D eigenvalue weighted by atomic mass is 15.3. The molecule has 0 fully saturated rings. The van der Waals surface area contributed by atoms with Crippen molar-refractivity contribution in [3.05, 3.63) is 83.7 Å². The Bertz CT molecular complexity index is 1040. The van der Waals surface area contributed by atoms with Gasteiger partial charge < -0.3 is 5.32 Å². The topological polar surface area (TPSA) is 42.2 Å². The number of nitrogens with one attached hydrogen (secondary N) is 1. The molecule has 0 unspecified atom stereocenters. The van der Waals surface area contributed by atoms with E-state index in [-0.39, 0.29) is 6.04 Å². The molecule has 0 bridgehead atoms. The lowest BCUT2D eigenvalue weighted by atomic mass is 10.1. The second-order valence-corrected chi connectivity index (χ2v) is 6.61. The molecule has 0 aliphatic heterocycles. The van der Waals surface area contributed by atoms with Gasteiger partial charge in [0.2, 0.25) is 0 Å². The average Bonchev–Trinajstić information content (AvgIpc) is 3.10. The third-order valence-corrected chi connectivity index (χ3v) is 4.86. The highest BCUT2D eigenvalue weighted by Crippen LogP contribution is 2.29. The summed E-state index contributed by atoms with van der Waals surface area (Å²) in [6.07, 6.45) is 1.90. The van der Waals surface area contributed by atoms with Crippen LogP contribution in [0.1, 0.15) is 29.8 Å². The Morgan fingerprint density at radius 2 is 1.58 bits per heavy atom. The molecule has 0 aliphatic carbocycles. The monoisotopic (exact) mass is 342 g/mol. The molecule has 4 heteroatoms. The van der Waals surface area contributed by atoms with Crippen LogP contribution >= 0.6 is 0 Å². The van der Waals surface area contributed by atoms with Crippen LogP contribution < -0.4 is 5.32 Å². The summed E-state index contributed by atoms with van der Waals surface area (Å²) >= 11 is 0. The summed E-state index contributed by atoms with van der Waals surface area (Å²) in [4.78, 5) is 4.81. The molecule has 2 heterocycles. The Hall–Kier alpha value is -3.14. The van der Waals surface area contributed by atoms with E-state index in [9.17, 15) is 0 Å². The summed E-state index contributed by atoms with van der Waals surface area (Å²) in [7, 11) is 0. The number of fused-ring (bicyclic) bond motifs is 1. The number of rotatable bonds is 4. The predicted octanol–water partition coefficient (Wildman–Crippen LogP) is 5.19. The van der Waals surface area contributed by atoms with Crippen LogP contribution in [-0.4, -0.2) is 14.6 Å². The maximum atomic E-state index is 4.81. The summed E-state index contributed by atoms with van der Waals surface area (Å²) in [6.45, 7) is 6.30. The van der Waals surface area contributed by atoms with E-state index in [2.05, 4.69) is 67.6 Å². The first kappa shape index (κ1) is 16.3. The number of hydrogen-bond acceptors (Lipinski definition) is 3. The van der Waals surface area contributed by atoms with Crippen LogP contribution in [0, 0.1) is 13.8 Å². The molecule has 0 saturated heterocycles. The number of aromatic nitrogens is 3. The minimum Gasteiger partial charge on any atom is -0.363 e. The molecule has 26 heavy (non-hydrogen) atoms. The lowest BCUT2D eigenvalue weighted by Crippen LogP contribution is -2.13. The SMILES string of the molecule is Cc1nc2c(-c3ccccc3)cnn2c(N[C@@H](C)c2ccccc2)c1C. The van der Waals surface area contributed by atoms with Gasteiger partial charge in [-0.15, -0.1) is 0 Å². The van der Waals surface area contributed by atoms with E-state index in [1.54, 1.807) is 0 Å². The number of hydrogen-bond donors (Lipinski definition) is 1. The molecule has 0 spiro atoms. The van der Waals surface area contributed by atoms with Gasteiger partial charge in [0.25, 0.3) is 0 Å². The van der Waals surface area contributed by atoms with Crippen molar-refractivity contribution < 1.29 is 0 Å². The van der Waals surface area contributed by atoms with Crippen LogP contribution in [0.5, 0.6) is 0 Å². The summed E-state index contributed by atoms with van der Waals surface area (Å²) in [6, 6.07) is 20.9. The largest absolute Gasteiger partial charge is 0.363 e. The van der Waals surface area contributed by atoms with Crippen LogP contribution in [0.3, 0.4) is 0 Å². The normalized spacial score (nSPS) is 12.3. The van der Waals surface area contributed by atoms with E-state index < -0.39 is 0 Å². The summed E-state index contributed by atoms with van der Waals surface area (Å²) in [5.41, 5.74) is 6.41. The zero-order valence-electron chi connectivity index (χ0n) is 15.3. The van der Waals surface area contributed by atoms with Crippen LogP contribution in [-0.2, 0) is 0 Å². The van der Waals surface area contributed by atoms with E-state index in [1.165, 1.54) is 5.56 Å². The summed E-state index contributed by atoms with van der Waals surface area (Å²) in [5, 5.41) is 8.27. The summed E-state index contributed by atoms with van der Waals surface area (Å²) in [5.74, 6) is 0.992. The van der Waals surface area contributed by atoms with Gasteiger partial charge in [-0.2, -0.15) is 9.61 Å². The molecular weight excluding hydrogens is 320 g/mol. The van der Waals surface area contributed by atoms with Crippen LogP contribution in [0.4, 0.5) is 5.82 Å². The van der Waals surface area contributed by atoms with Crippen LogP contribution in [0.25, 0.3) is 16.8 Å². The second kappa shape index (κ2) is 6.64. The highest BCUT2D eigenvalue weighted by Gasteiger charge is 2.17. The van der Waals surface area contributed by atoms with Gasteiger partial charge in [0.15, 0.2) is 5.65 Å². The van der Waals surface area contributed by atoms with Crippen molar-refractivity contribution in [2.24, 2.45) is 0 Å². The maximum Gasteiger partial charge on any atom is 0.165 e. The first-order chi connectivity index (χ1) is 12.6. The number of anilines is 1. The lowest BCUT2D eigenvalue weighted by Gasteiger charge is -2.19. The Balaban J connectivity index is 1.82. The average molecular weight is 342 g/mol. The predicted molar refractivity (Wildman–Crippen MR) is 106 cm³/mol. The van der Waals surface area contributed by atoms with Gasteiger partial charge in [-0.3, -0.25) is 0 Å². The van der Waals surface area contributed by atoms with E-state index >= 15 is 0 Å². The second-order valence-electron chi connectivity index (χ2n) is 6.61. The number of aryl methyl sites for hydroxylation is 1. The third-order valence-electron chi connectivity index (χ3n) is 4.86. The van der Waals surface area contributed by atoms with Gasteiger partial charge in [-0.25, -0.2) is 4.98 Å². The van der Waals surface area contributed by atoms with E-state index in [1.807, 2.05) is 35.0 Å². The van der Waals surface area contributed by atoms with Gasteiger partial charge in [0.1, 0.15) is 5.82 Å². The summed E-state index contributed by atoms with van der Waals surface area (Å²) < 4.78 is 1.92. The minimum atomic E-state index is 0.171. The Labute approximate surface area is 153 Å². The first-order valence-corrected chi connectivity index (χ1v) is 8.87. The Kier molecular flexibility index (Phi) is 4.17. The number of benzene rings is 2. The van der Waals surface area contributed by atoms with Crippen molar-refractivity contribution in [1.82, 2.24) is 14.6 Å². The zero-order valence-corrected chi connectivity index (χ0v) is 15.3. The molecule has 1 N–H and O–H groups in total. The van der Waals surface area contributed by atoms with Crippen molar-refractivity contribution in [3.63, 3.8) is 0 Å². The molecule has 4 nitrogen and oxygen atoms in total. The van der Waals surface area contributed by atoms with Crippen molar-refractivity contribution in [2.75, 3.05) is 5.32 Å². The van der Waals surface area contributed by atoms with Crippen molar-refractivity contribution >= 4 is 11.5 Å². The number of nitrogens with zero attached hydrogens (tertiary/aromatic N) is 3. The first-order valence-electron chi connectivity index (χ1n) is 8.87. The molecule has 0 saturated carbocycles. The van der Waals surface area contributed by atoms with Gasteiger partial charge in [0, 0.05) is 22.9 Å². The molecule has 2 aromatic heterocycles. The fraction of sp³-hybridized carbons (Fsp3) is 0.182. The zero-order chi connectivity index (χ0) is 18.1. The minimum absolute atomic E-state index is 0.171. The molecule has 0 amide bonds. The molecule has 130 valence electrons. The van der Waals surface area contributed by atoms with E-state index in [0.717, 1.165) is 33.8 Å². The standard InChI is InChI=1S/C22H22N4/c1-15-16(2)24-22-20(19-12-8-5-9-13-19)14-23-26(22)21(15)25-17(3)18-10-6-4-7-11-18/h4-14,17,25H,1-3H3/t17-/m0/s1. The van der Waals surface area contributed by atoms with Crippen LogP contribution in [0.15, 0.2) is 66.9 Å². The smallest absolute Gasteiger partial charge is 0.165 e. The van der Waals surface area contributed by atoms with Crippen molar-refractivity contribution in [1.29, 1.82) is 0 Å². The maximum absolute atomic E-state index is 4.81. The molecule has 4 aromatic rings.